The molecular weight excluding hydrogens is 292 g/mol. The van der Waals surface area contributed by atoms with Crippen molar-refractivity contribution in [3.8, 4) is 0 Å². The van der Waals surface area contributed by atoms with E-state index in [0.717, 1.165) is 18.0 Å². The van der Waals surface area contributed by atoms with Gasteiger partial charge >= 0.3 is 0 Å². The molecule has 2 heterocycles. The van der Waals surface area contributed by atoms with Crippen LogP contribution in [0, 0.1) is 17.8 Å². The number of aromatic nitrogens is 2. The van der Waals surface area contributed by atoms with Crippen LogP contribution in [0.25, 0.3) is 0 Å². The molecule has 1 saturated heterocycles. The third kappa shape index (κ3) is 3.04. The van der Waals surface area contributed by atoms with E-state index in [1.165, 1.54) is 12.8 Å². The van der Waals surface area contributed by atoms with Gasteiger partial charge in [0, 0.05) is 32.8 Å². The second-order valence-corrected chi connectivity index (χ2v) is 7.16. The van der Waals surface area contributed by atoms with Crippen molar-refractivity contribution < 1.29 is 9.53 Å². The van der Waals surface area contributed by atoms with Gasteiger partial charge in [0.15, 0.2) is 0 Å². The highest BCUT2D eigenvalue weighted by atomic mass is 16.5. The highest BCUT2D eigenvalue weighted by Gasteiger charge is 2.52. The van der Waals surface area contributed by atoms with Gasteiger partial charge in [0.2, 0.25) is 11.9 Å². The number of amides is 1. The first-order valence-electron chi connectivity index (χ1n) is 8.54. The zero-order valence-electron chi connectivity index (χ0n) is 13.8. The highest BCUT2D eigenvalue weighted by molar-refractivity contribution is 5.82. The van der Waals surface area contributed by atoms with Crippen LogP contribution in [0.5, 0.6) is 0 Å². The summed E-state index contributed by atoms with van der Waals surface area (Å²) in [5, 5.41) is 0. The number of morpholine rings is 1. The summed E-state index contributed by atoms with van der Waals surface area (Å²) < 4.78 is 5.86. The summed E-state index contributed by atoms with van der Waals surface area (Å²) in [4.78, 5) is 25.3. The third-order valence-corrected chi connectivity index (χ3v) is 5.16. The summed E-state index contributed by atoms with van der Waals surface area (Å²) in [6, 6.07) is 1.88. The minimum atomic E-state index is -0.146. The van der Waals surface area contributed by atoms with E-state index in [2.05, 4.69) is 9.97 Å². The molecule has 2 aliphatic carbocycles. The molecule has 0 spiro atoms. The molecule has 1 aliphatic heterocycles. The van der Waals surface area contributed by atoms with Gasteiger partial charge in [-0.15, -0.1) is 0 Å². The average Bonchev–Trinajstić information content (AvgIpc) is 3.46. The van der Waals surface area contributed by atoms with E-state index >= 15 is 0 Å². The molecule has 3 fully saturated rings. The fourth-order valence-electron chi connectivity index (χ4n) is 3.56. The smallest absolute Gasteiger partial charge is 0.226 e. The first kappa shape index (κ1) is 14.9. The number of carbonyl (C=O) groups excluding carboxylic acids is 1. The van der Waals surface area contributed by atoms with Gasteiger partial charge in [-0.25, -0.2) is 9.97 Å². The first-order chi connectivity index (χ1) is 11.1. The van der Waals surface area contributed by atoms with Crippen LogP contribution in [0.2, 0.25) is 0 Å². The summed E-state index contributed by atoms with van der Waals surface area (Å²) in [5.41, 5.74) is 0.857. The van der Waals surface area contributed by atoms with Crippen molar-refractivity contribution >= 4 is 11.9 Å². The first-order valence-corrected chi connectivity index (χ1v) is 8.54. The van der Waals surface area contributed by atoms with Gasteiger partial charge in [-0.3, -0.25) is 4.79 Å². The summed E-state index contributed by atoms with van der Waals surface area (Å²) in [6.45, 7) is 1.89. The van der Waals surface area contributed by atoms with E-state index in [1.54, 1.807) is 6.20 Å². The Labute approximate surface area is 136 Å². The standard InChI is InChI=1S/C17H24N4O2/c1-20(2)17-18-6-5-14(19-17)15-10-21(7-8-23-15)16(22)13-9-12(13)11-3-4-11/h5-6,11-13,15H,3-4,7-10H2,1-2H3/t12-,13+,15-/m0/s1. The van der Waals surface area contributed by atoms with Gasteiger partial charge in [0.05, 0.1) is 18.8 Å². The number of hydrogen-bond acceptors (Lipinski definition) is 5. The van der Waals surface area contributed by atoms with E-state index in [-0.39, 0.29) is 12.0 Å². The fourth-order valence-corrected chi connectivity index (χ4v) is 3.56. The van der Waals surface area contributed by atoms with Crippen molar-refractivity contribution in [1.82, 2.24) is 14.9 Å². The maximum atomic E-state index is 12.7. The van der Waals surface area contributed by atoms with Crippen molar-refractivity contribution in [3.63, 3.8) is 0 Å². The van der Waals surface area contributed by atoms with Crippen LogP contribution >= 0.6 is 0 Å². The van der Waals surface area contributed by atoms with E-state index in [4.69, 9.17) is 4.74 Å². The Morgan fingerprint density at radius 2 is 2.22 bits per heavy atom. The molecule has 6 nitrogen and oxygen atoms in total. The normalized spacial score (nSPS) is 30.2. The molecule has 3 aliphatic rings. The van der Waals surface area contributed by atoms with E-state index in [1.807, 2.05) is 30.0 Å². The molecule has 3 atom stereocenters. The van der Waals surface area contributed by atoms with Crippen LogP contribution in [0.15, 0.2) is 12.3 Å². The number of rotatable bonds is 4. The van der Waals surface area contributed by atoms with Crippen molar-refractivity contribution in [1.29, 1.82) is 0 Å². The number of anilines is 1. The van der Waals surface area contributed by atoms with Crippen LogP contribution in [-0.4, -0.2) is 54.6 Å². The van der Waals surface area contributed by atoms with Crippen LogP contribution in [0.4, 0.5) is 5.95 Å². The largest absolute Gasteiger partial charge is 0.368 e. The molecule has 0 radical (unpaired) electrons. The molecule has 4 rings (SSSR count). The Bertz CT molecular complexity index is 602. The molecule has 124 valence electrons. The van der Waals surface area contributed by atoms with E-state index < -0.39 is 0 Å². The molecule has 2 saturated carbocycles. The Morgan fingerprint density at radius 3 is 2.96 bits per heavy atom. The van der Waals surface area contributed by atoms with E-state index in [9.17, 15) is 4.79 Å². The predicted molar refractivity (Wildman–Crippen MR) is 86.0 cm³/mol. The Morgan fingerprint density at radius 1 is 1.39 bits per heavy atom. The van der Waals surface area contributed by atoms with Crippen LogP contribution in [0.3, 0.4) is 0 Å². The van der Waals surface area contributed by atoms with Crippen molar-refractivity contribution in [2.45, 2.75) is 25.4 Å². The molecule has 6 heteroatoms. The SMILES string of the molecule is CN(C)c1nccc([C@@H]2CN(C(=O)[C@@H]3C[C@H]3C3CC3)CCO2)n1. The minimum Gasteiger partial charge on any atom is -0.368 e. The van der Waals surface area contributed by atoms with Crippen molar-refractivity contribution in [3.05, 3.63) is 18.0 Å². The zero-order chi connectivity index (χ0) is 16.0. The molecule has 23 heavy (non-hydrogen) atoms. The van der Waals surface area contributed by atoms with Crippen LogP contribution in [-0.2, 0) is 9.53 Å². The van der Waals surface area contributed by atoms with E-state index in [0.29, 0.717) is 37.5 Å². The average molecular weight is 316 g/mol. The van der Waals surface area contributed by atoms with Crippen LogP contribution in [0.1, 0.15) is 31.1 Å². The van der Waals surface area contributed by atoms with Gasteiger partial charge in [0.25, 0.3) is 0 Å². The third-order valence-electron chi connectivity index (χ3n) is 5.16. The number of carbonyl (C=O) groups is 1. The number of nitrogens with zero attached hydrogens (tertiary/aromatic N) is 4. The molecule has 1 aromatic rings. The molecule has 1 amide bonds. The number of hydrogen-bond donors (Lipinski definition) is 0. The molecule has 0 unspecified atom stereocenters. The van der Waals surface area contributed by atoms with Gasteiger partial charge in [0.1, 0.15) is 6.10 Å². The summed E-state index contributed by atoms with van der Waals surface area (Å²) in [7, 11) is 3.84. The summed E-state index contributed by atoms with van der Waals surface area (Å²) >= 11 is 0. The second kappa shape index (κ2) is 5.74. The van der Waals surface area contributed by atoms with Gasteiger partial charge < -0.3 is 14.5 Å². The Balaban J connectivity index is 1.42. The lowest BCUT2D eigenvalue weighted by Crippen LogP contribution is -2.43. The monoisotopic (exact) mass is 316 g/mol. The Hall–Kier alpha value is -1.69. The lowest BCUT2D eigenvalue weighted by molar-refractivity contribution is -0.141. The lowest BCUT2D eigenvalue weighted by atomic mass is 10.1. The molecule has 0 bridgehead atoms. The maximum absolute atomic E-state index is 12.7. The number of ether oxygens (including phenoxy) is 1. The molecule has 0 N–H and O–H groups in total. The molecule has 0 aromatic carbocycles. The van der Waals surface area contributed by atoms with Gasteiger partial charge in [-0.1, -0.05) is 0 Å². The predicted octanol–water partition coefficient (Wildman–Crippen LogP) is 1.49. The maximum Gasteiger partial charge on any atom is 0.226 e. The molecule has 1 aromatic heterocycles. The zero-order valence-corrected chi connectivity index (χ0v) is 13.8. The lowest BCUT2D eigenvalue weighted by Gasteiger charge is -2.33. The second-order valence-electron chi connectivity index (χ2n) is 7.16. The Kier molecular flexibility index (Phi) is 3.71. The quantitative estimate of drug-likeness (QED) is 0.842. The summed E-state index contributed by atoms with van der Waals surface area (Å²) in [6.07, 6.45) is 5.37. The fraction of sp³-hybridized carbons (Fsp3) is 0.706. The van der Waals surface area contributed by atoms with Gasteiger partial charge in [-0.05, 0) is 37.2 Å². The van der Waals surface area contributed by atoms with Crippen molar-refractivity contribution in [2.75, 3.05) is 38.7 Å². The van der Waals surface area contributed by atoms with Crippen molar-refractivity contribution in [2.24, 2.45) is 17.8 Å². The minimum absolute atomic E-state index is 0.146. The molecular formula is C17H24N4O2. The summed E-state index contributed by atoms with van der Waals surface area (Å²) in [5.74, 6) is 2.79. The van der Waals surface area contributed by atoms with Crippen LogP contribution < -0.4 is 4.90 Å². The highest BCUT2D eigenvalue weighted by Crippen LogP contribution is 2.55. The van der Waals surface area contributed by atoms with Gasteiger partial charge in [-0.2, -0.15) is 0 Å². The topological polar surface area (TPSA) is 58.6 Å².